The zero-order valence-corrected chi connectivity index (χ0v) is 20.2. The van der Waals surface area contributed by atoms with E-state index in [-0.39, 0.29) is 24.2 Å². The van der Waals surface area contributed by atoms with Crippen molar-refractivity contribution in [3.05, 3.63) is 88.9 Å². The summed E-state index contributed by atoms with van der Waals surface area (Å²) in [5.41, 5.74) is 3.31. The normalized spacial score (nSPS) is 19.7. The Kier molecular flexibility index (Phi) is 5.80. The number of amides is 2. The fourth-order valence-electron chi connectivity index (χ4n) is 5.18. The van der Waals surface area contributed by atoms with Gasteiger partial charge in [-0.2, -0.15) is 0 Å². The zero-order chi connectivity index (χ0) is 23.8. The standard InChI is InChI=1S/C28H26N4O2S/c33-26-15-21(17-32(26)24-12-6-10-20-9-4-5-11-22(20)24)27(34)30-28-29-23-13-14-31(18-25(23)35-28)16-19-7-2-1-3-8-19/h1-12,21H,13-18H2,(H,29,30,34)/p+1. The summed E-state index contributed by atoms with van der Waals surface area (Å²) in [5, 5.41) is 5.78. The van der Waals surface area contributed by atoms with Gasteiger partial charge in [0.2, 0.25) is 11.8 Å². The van der Waals surface area contributed by atoms with Gasteiger partial charge in [0, 0.05) is 30.3 Å². The summed E-state index contributed by atoms with van der Waals surface area (Å²) in [6.45, 7) is 3.34. The molecule has 2 aliphatic heterocycles. The van der Waals surface area contributed by atoms with E-state index in [0.29, 0.717) is 11.7 Å². The quantitative estimate of drug-likeness (QED) is 0.457. The maximum atomic E-state index is 13.1. The second-order valence-electron chi connectivity index (χ2n) is 9.37. The van der Waals surface area contributed by atoms with Gasteiger partial charge in [-0.1, -0.05) is 78.1 Å². The monoisotopic (exact) mass is 483 g/mol. The lowest BCUT2D eigenvalue weighted by Gasteiger charge is -2.22. The molecule has 7 heteroatoms. The number of fused-ring (bicyclic) bond motifs is 2. The molecule has 2 amide bonds. The first-order chi connectivity index (χ1) is 17.1. The van der Waals surface area contributed by atoms with Crippen LogP contribution in [-0.4, -0.2) is 29.9 Å². The maximum Gasteiger partial charge on any atom is 0.231 e. The number of benzene rings is 3. The van der Waals surface area contributed by atoms with Gasteiger partial charge in [-0.05, 0) is 11.5 Å². The Bertz CT molecular complexity index is 1400. The van der Waals surface area contributed by atoms with Crippen LogP contribution in [0.25, 0.3) is 10.8 Å². The fourth-order valence-corrected chi connectivity index (χ4v) is 6.27. The molecule has 4 aromatic rings. The molecule has 3 aromatic carbocycles. The lowest BCUT2D eigenvalue weighted by molar-refractivity contribution is -0.929. The number of quaternary nitrogens is 1. The zero-order valence-electron chi connectivity index (χ0n) is 19.4. The second-order valence-corrected chi connectivity index (χ2v) is 10.5. The molecular weight excluding hydrogens is 456 g/mol. The van der Waals surface area contributed by atoms with Crippen LogP contribution in [0.5, 0.6) is 0 Å². The van der Waals surface area contributed by atoms with Crippen molar-refractivity contribution in [2.24, 2.45) is 5.92 Å². The van der Waals surface area contributed by atoms with Crippen molar-refractivity contribution in [1.29, 1.82) is 0 Å². The van der Waals surface area contributed by atoms with E-state index in [2.05, 4.69) is 29.6 Å². The molecule has 0 radical (unpaired) electrons. The largest absolute Gasteiger partial charge is 0.326 e. The first-order valence-corrected chi connectivity index (χ1v) is 12.9. The lowest BCUT2D eigenvalue weighted by atomic mass is 10.1. The van der Waals surface area contributed by atoms with Crippen LogP contribution in [0.1, 0.15) is 22.6 Å². The number of nitrogens with one attached hydrogen (secondary N) is 2. The van der Waals surface area contributed by atoms with Crippen LogP contribution in [0.15, 0.2) is 72.8 Å². The van der Waals surface area contributed by atoms with Crippen LogP contribution >= 0.6 is 11.3 Å². The van der Waals surface area contributed by atoms with Crippen molar-refractivity contribution in [1.82, 2.24) is 4.98 Å². The Hall–Kier alpha value is -3.55. The summed E-state index contributed by atoms with van der Waals surface area (Å²) in [5.74, 6) is -0.525. The molecule has 3 heterocycles. The number of rotatable bonds is 5. The van der Waals surface area contributed by atoms with Crippen LogP contribution in [0.3, 0.4) is 0 Å². The lowest BCUT2D eigenvalue weighted by Crippen LogP contribution is -3.10. The van der Waals surface area contributed by atoms with Gasteiger partial charge in [-0.15, -0.1) is 0 Å². The number of anilines is 2. The average Bonchev–Trinajstić information content (AvgIpc) is 3.46. The number of carbonyl (C=O) groups excluding carboxylic acids is 2. The molecule has 6 nitrogen and oxygen atoms in total. The third-order valence-corrected chi connectivity index (χ3v) is 8.00. The summed E-state index contributed by atoms with van der Waals surface area (Å²) >= 11 is 1.57. The summed E-state index contributed by atoms with van der Waals surface area (Å²) < 4.78 is 0. The van der Waals surface area contributed by atoms with Gasteiger partial charge >= 0.3 is 0 Å². The van der Waals surface area contributed by atoms with Crippen molar-refractivity contribution in [2.75, 3.05) is 23.3 Å². The van der Waals surface area contributed by atoms with Crippen LogP contribution in [-0.2, 0) is 29.1 Å². The van der Waals surface area contributed by atoms with Crippen molar-refractivity contribution >= 4 is 44.7 Å². The molecule has 176 valence electrons. The van der Waals surface area contributed by atoms with E-state index < -0.39 is 0 Å². The van der Waals surface area contributed by atoms with Gasteiger partial charge in [0.25, 0.3) is 0 Å². The molecule has 35 heavy (non-hydrogen) atoms. The van der Waals surface area contributed by atoms with Crippen molar-refractivity contribution in [3.8, 4) is 0 Å². The van der Waals surface area contributed by atoms with E-state index in [0.717, 1.165) is 48.2 Å². The topological polar surface area (TPSA) is 66.7 Å². The van der Waals surface area contributed by atoms with Crippen molar-refractivity contribution in [3.63, 3.8) is 0 Å². The summed E-state index contributed by atoms with van der Waals surface area (Å²) in [7, 11) is 0. The molecular formula is C28H27N4O2S+. The third kappa shape index (κ3) is 4.45. The van der Waals surface area contributed by atoms with Crippen molar-refractivity contribution in [2.45, 2.75) is 25.9 Å². The molecule has 1 fully saturated rings. The fraction of sp³-hybridized carbons (Fsp3) is 0.250. The minimum atomic E-state index is -0.386. The molecule has 1 aromatic heterocycles. The van der Waals surface area contributed by atoms with Crippen LogP contribution < -0.4 is 15.1 Å². The van der Waals surface area contributed by atoms with Crippen LogP contribution in [0.2, 0.25) is 0 Å². The van der Waals surface area contributed by atoms with E-state index in [1.54, 1.807) is 16.2 Å². The number of hydrogen-bond acceptors (Lipinski definition) is 4. The number of nitrogens with zero attached hydrogens (tertiary/aromatic N) is 2. The van der Waals surface area contributed by atoms with Crippen LogP contribution in [0, 0.1) is 5.92 Å². The number of carbonyl (C=O) groups is 2. The Morgan fingerprint density at radius 2 is 1.86 bits per heavy atom. The Balaban J connectivity index is 1.12. The van der Waals surface area contributed by atoms with E-state index in [1.807, 2.05) is 48.5 Å². The summed E-state index contributed by atoms with van der Waals surface area (Å²) in [6, 6.07) is 24.5. The van der Waals surface area contributed by atoms with Gasteiger partial charge in [0.15, 0.2) is 5.13 Å². The molecule has 2 N–H and O–H groups in total. The highest BCUT2D eigenvalue weighted by Crippen LogP contribution is 2.32. The van der Waals surface area contributed by atoms with Gasteiger partial charge in [-0.25, -0.2) is 4.98 Å². The number of thiazole rings is 1. The highest BCUT2D eigenvalue weighted by atomic mass is 32.1. The molecule has 6 rings (SSSR count). The van der Waals surface area contributed by atoms with Crippen molar-refractivity contribution < 1.29 is 14.5 Å². The first kappa shape index (κ1) is 21.9. The molecule has 0 aliphatic carbocycles. The maximum absolute atomic E-state index is 13.1. The summed E-state index contributed by atoms with van der Waals surface area (Å²) in [4.78, 5) is 35.2. The Labute approximate surface area is 208 Å². The molecule has 2 unspecified atom stereocenters. The average molecular weight is 484 g/mol. The minimum Gasteiger partial charge on any atom is -0.326 e. The van der Waals surface area contributed by atoms with E-state index >= 15 is 0 Å². The highest BCUT2D eigenvalue weighted by Gasteiger charge is 2.36. The number of aromatic nitrogens is 1. The van der Waals surface area contributed by atoms with Crippen LogP contribution in [0.4, 0.5) is 10.8 Å². The molecule has 1 saturated heterocycles. The Morgan fingerprint density at radius 1 is 1.06 bits per heavy atom. The van der Waals surface area contributed by atoms with Gasteiger partial charge in [0.05, 0.1) is 28.7 Å². The SMILES string of the molecule is O=C(Nc1nc2c(s1)C[NH+](Cc1ccccc1)CC2)C1CC(=O)N(c2cccc3ccccc23)C1. The second kappa shape index (κ2) is 9.24. The van der Waals surface area contributed by atoms with E-state index in [1.165, 1.54) is 15.3 Å². The molecule has 0 spiro atoms. The smallest absolute Gasteiger partial charge is 0.231 e. The van der Waals surface area contributed by atoms with Gasteiger partial charge < -0.3 is 15.1 Å². The van der Waals surface area contributed by atoms with E-state index in [9.17, 15) is 9.59 Å². The summed E-state index contributed by atoms with van der Waals surface area (Å²) in [6.07, 6.45) is 1.13. The molecule has 2 aliphatic rings. The van der Waals surface area contributed by atoms with E-state index in [4.69, 9.17) is 4.98 Å². The Morgan fingerprint density at radius 3 is 2.74 bits per heavy atom. The van der Waals surface area contributed by atoms with Gasteiger partial charge in [0.1, 0.15) is 13.1 Å². The molecule has 0 saturated carbocycles. The minimum absolute atomic E-state index is 0.0138. The number of hydrogen-bond donors (Lipinski definition) is 2. The third-order valence-electron chi connectivity index (χ3n) is 6.98. The predicted octanol–water partition coefficient (Wildman–Crippen LogP) is 3.43. The molecule has 0 bridgehead atoms. The first-order valence-electron chi connectivity index (χ1n) is 12.1. The van der Waals surface area contributed by atoms with Gasteiger partial charge in [-0.3, -0.25) is 9.59 Å². The molecule has 2 atom stereocenters. The predicted molar refractivity (Wildman–Crippen MR) is 139 cm³/mol. The highest BCUT2D eigenvalue weighted by molar-refractivity contribution is 7.15.